The van der Waals surface area contributed by atoms with Crippen molar-refractivity contribution >= 4 is 23.5 Å². The second-order valence-electron chi connectivity index (χ2n) is 8.44. The van der Waals surface area contributed by atoms with Crippen LogP contribution in [0.25, 0.3) is 11.1 Å². The Kier molecular flexibility index (Phi) is 8.55. The first-order valence-corrected chi connectivity index (χ1v) is 11.3. The minimum Gasteiger partial charge on any atom is -0.477 e. The molecule has 0 bridgehead atoms. The van der Waals surface area contributed by atoms with Gasteiger partial charge in [-0.25, -0.2) is 14.6 Å². The normalized spacial score (nSPS) is 15.9. The minimum atomic E-state index is -4.00. The lowest BCUT2D eigenvalue weighted by atomic mass is 9.99. The highest BCUT2D eigenvalue weighted by molar-refractivity contribution is 5.92. The summed E-state index contributed by atoms with van der Waals surface area (Å²) < 4.78 is 36.5. The van der Waals surface area contributed by atoms with Crippen LogP contribution in [0.2, 0.25) is 0 Å². The predicted octanol–water partition coefficient (Wildman–Crippen LogP) is 4.79. The summed E-state index contributed by atoms with van der Waals surface area (Å²) in [7, 11) is 0. The standard InChI is InChI=1S/C22H26N4O4.C2H3F3/c1-15-4-5-17(23-22(29)26-6-2-3-7-26)14-18(15)16-12-19(21(27)28)24-20(13-16)25-8-10-30-11-9-25;1-2(3,4)5/h4-5,12-14H,2-3,6-11H2,1H3,(H,23,29)(H,27,28);1H3. The van der Waals surface area contributed by atoms with Gasteiger partial charge in [0.2, 0.25) is 0 Å². The van der Waals surface area contributed by atoms with Crippen molar-refractivity contribution in [3.63, 3.8) is 0 Å². The Labute approximate surface area is 201 Å². The van der Waals surface area contributed by atoms with E-state index in [4.69, 9.17) is 4.74 Å². The van der Waals surface area contributed by atoms with E-state index in [0.29, 0.717) is 37.8 Å². The number of carbonyl (C=O) groups excluding carboxylic acids is 1. The second kappa shape index (κ2) is 11.4. The van der Waals surface area contributed by atoms with Crippen LogP contribution in [0, 0.1) is 6.92 Å². The number of aromatic carboxylic acids is 1. The van der Waals surface area contributed by atoms with Gasteiger partial charge in [0.15, 0.2) is 5.69 Å². The van der Waals surface area contributed by atoms with Crippen molar-refractivity contribution in [3.05, 3.63) is 41.6 Å². The summed E-state index contributed by atoms with van der Waals surface area (Å²) in [6.45, 7) is 6.22. The third-order valence-corrected chi connectivity index (χ3v) is 5.56. The van der Waals surface area contributed by atoms with Gasteiger partial charge in [-0.2, -0.15) is 13.2 Å². The topological polar surface area (TPSA) is 95.0 Å². The molecule has 35 heavy (non-hydrogen) atoms. The fraction of sp³-hybridized carbons (Fsp3) is 0.458. The Hall–Kier alpha value is -3.34. The summed E-state index contributed by atoms with van der Waals surface area (Å²) in [5.41, 5.74) is 3.31. The number of nitrogens with one attached hydrogen (secondary N) is 1. The summed E-state index contributed by atoms with van der Waals surface area (Å²) in [6.07, 6.45) is -1.93. The molecule has 0 spiro atoms. The molecule has 0 saturated carbocycles. The summed E-state index contributed by atoms with van der Waals surface area (Å²) in [5, 5.41) is 12.5. The van der Waals surface area contributed by atoms with Gasteiger partial charge in [0.1, 0.15) is 5.82 Å². The van der Waals surface area contributed by atoms with Gasteiger partial charge in [0.25, 0.3) is 0 Å². The third-order valence-electron chi connectivity index (χ3n) is 5.56. The van der Waals surface area contributed by atoms with E-state index >= 15 is 0 Å². The van der Waals surface area contributed by atoms with Crippen molar-refractivity contribution in [2.24, 2.45) is 0 Å². The van der Waals surface area contributed by atoms with Gasteiger partial charge in [0, 0.05) is 38.8 Å². The second-order valence-corrected chi connectivity index (χ2v) is 8.44. The van der Waals surface area contributed by atoms with Crippen molar-refractivity contribution in [2.75, 3.05) is 49.6 Å². The van der Waals surface area contributed by atoms with Gasteiger partial charge >= 0.3 is 18.2 Å². The summed E-state index contributed by atoms with van der Waals surface area (Å²) >= 11 is 0. The van der Waals surface area contributed by atoms with Crippen LogP contribution in [0.4, 0.5) is 29.5 Å². The Morgan fingerprint density at radius 2 is 1.69 bits per heavy atom. The number of carboxylic acid groups (broad SMARTS) is 1. The highest BCUT2D eigenvalue weighted by Crippen LogP contribution is 2.30. The highest BCUT2D eigenvalue weighted by atomic mass is 19.4. The maximum absolute atomic E-state index is 12.5. The van der Waals surface area contributed by atoms with Crippen LogP contribution in [0.3, 0.4) is 0 Å². The molecule has 2 aliphatic heterocycles. The number of pyridine rings is 1. The number of morpholine rings is 1. The molecule has 1 aromatic heterocycles. The van der Waals surface area contributed by atoms with Crippen LogP contribution in [0.5, 0.6) is 0 Å². The number of rotatable bonds is 4. The Balaban J connectivity index is 0.000000623. The van der Waals surface area contributed by atoms with Crippen molar-refractivity contribution in [2.45, 2.75) is 32.9 Å². The third kappa shape index (κ3) is 7.84. The highest BCUT2D eigenvalue weighted by Gasteiger charge is 2.20. The monoisotopic (exact) mass is 494 g/mol. The molecule has 4 rings (SSSR count). The summed E-state index contributed by atoms with van der Waals surface area (Å²) in [5.74, 6) is -0.443. The molecule has 2 aliphatic rings. The van der Waals surface area contributed by atoms with E-state index in [1.165, 1.54) is 0 Å². The molecule has 11 heteroatoms. The quantitative estimate of drug-likeness (QED) is 0.635. The number of hydrogen-bond donors (Lipinski definition) is 2. The average molecular weight is 495 g/mol. The van der Waals surface area contributed by atoms with Gasteiger partial charge < -0.3 is 25.0 Å². The molecule has 0 unspecified atom stereocenters. The number of benzene rings is 1. The molecule has 2 N–H and O–H groups in total. The molecule has 0 atom stereocenters. The van der Waals surface area contributed by atoms with Gasteiger partial charge in [0.05, 0.1) is 13.2 Å². The van der Waals surface area contributed by atoms with E-state index in [1.807, 2.05) is 41.0 Å². The number of likely N-dealkylation sites (tertiary alicyclic amines) is 1. The average Bonchev–Trinajstić information content (AvgIpc) is 3.35. The molecule has 1 aromatic carbocycles. The lowest BCUT2D eigenvalue weighted by molar-refractivity contribution is -0.110. The SMILES string of the molecule is CC(F)(F)F.Cc1ccc(NC(=O)N2CCCC2)cc1-c1cc(C(=O)O)nc(N2CCOCC2)c1. The Bertz CT molecular complexity index is 1040. The molecule has 2 amide bonds. The minimum absolute atomic E-state index is 0.0000952. The number of amides is 2. The molecule has 2 aromatic rings. The number of aromatic nitrogens is 1. The van der Waals surface area contributed by atoms with Gasteiger partial charge in [-0.05, 0) is 60.7 Å². The van der Waals surface area contributed by atoms with E-state index in [2.05, 4.69) is 10.3 Å². The van der Waals surface area contributed by atoms with Crippen LogP contribution < -0.4 is 10.2 Å². The zero-order valence-electron chi connectivity index (χ0n) is 19.7. The number of ether oxygens (including phenoxy) is 1. The fourth-order valence-corrected chi connectivity index (χ4v) is 3.87. The molecule has 2 saturated heterocycles. The van der Waals surface area contributed by atoms with Crippen LogP contribution in [-0.4, -0.2) is 72.6 Å². The van der Waals surface area contributed by atoms with Gasteiger partial charge in [-0.3, -0.25) is 0 Å². The molecular formula is C24H29F3N4O4. The van der Waals surface area contributed by atoms with E-state index in [-0.39, 0.29) is 18.6 Å². The number of halogens is 3. The summed E-state index contributed by atoms with van der Waals surface area (Å²) in [4.78, 5) is 32.3. The molecule has 3 heterocycles. The molecule has 8 nitrogen and oxygen atoms in total. The number of urea groups is 1. The maximum Gasteiger partial charge on any atom is 0.386 e. The molecular weight excluding hydrogens is 465 g/mol. The van der Waals surface area contributed by atoms with Gasteiger partial charge in [-0.1, -0.05) is 6.07 Å². The van der Waals surface area contributed by atoms with Crippen molar-refractivity contribution in [3.8, 4) is 11.1 Å². The zero-order chi connectivity index (χ0) is 25.6. The Morgan fingerprint density at radius 1 is 1.06 bits per heavy atom. The number of carboxylic acids is 1. The largest absolute Gasteiger partial charge is 0.477 e. The number of anilines is 2. The lowest BCUT2D eigenvalue weighted by Crippen LogP contribution is -2.37. The number of hydrogen-bond acceptors (Lipinski definition) is 5. The number of nitrogens with zero attached hydrogens (tertiary/aromatic N) is 3. The molecule has 0 aliphatic carbocycles. The van der Waals surface area contributed by atoms with E-state index in [0.717, 1.165) is 42.6 Å². The van der Waals surface area contributed by atoms with Crippen molar-refractivity contribution < 1.29 is 32.6 Å². The zero-order valence-corrected chi connectivity index (χ0v) is 19.7. The van der Waals surface area contributed by atoms with Crippen LogP contribution in [0.1, 0.15) is 35.8 Å². The van der Waals surface area contributed by atoms with E-state index in [9.17, 15) is 27.9 Å². The number of aryl methyl sites for hydroxylation is 1. The smallest absolute Gasteiger partial charge is 0.386 e. The summed E-state index contributed by atoms with van der Waals surface area (Å²) in [6, 6.07) is 9.09. The predicted molar refractivity (Wildman–Crippen MR) is 126 cm³/mol. The Morgan fingerprint density at radius 3 is 2.29 bits per heavy atom. The first kappa shape index (κ1) is 26.3. The lowest BCUT2D eigenvalue weighted by Gasteiger charge is -2.28. The fourth-order valence-electron chi connectivity index (χ4n) is 3.87. The van der Waals surface area contributed by atoms with E-state index < -0.39 is 12.1 Å². The maximum atomic E-state index is 12.5. The van der Waals surface area contributed by atoms with Crippen LogP contribution in [-0.2, 0) is 4.74 Å². The van der Waals surface area contributed by atoms with Crippen molar-refractivity contribution in [1.29, 1.82) is 0 Å². The van der Waals surface area contributed by atoms with Crippen LogP contribution in [0.15, 0.2) is 30.3 Å². The molecule has 0 radical (unpaired) electrons. The first-order valence-electron chi connectivity index (χ1n) is 11.3. The molecule has 190 valence electrons. The van der Waals surface area contributed by atoms with Crippen LogP contribution >= 0.6 is 0 Å². The molecule has 2 fully saturated rings. The number of carbonyl (C=O) groups is 2. The van der Waals surface area contributed by atoms with E-state index in [1.54, 1.807) is 6.07 Å². The van der Waals surface area contributed by atoms with Gasteiger partial charge in [-0.15, -0.1) is 0 Å². The first-order chi connectivity index (χ1) is 16.5. The van der Waals surface area contributed by atoms with Crippen molar-refractivity contribution in [1.82, 2.24) is 9.88 Å². The number of alkyl halides is 3.